The molecule has 4 aromatic rings. The maximum atomic E-state index is 13.7. The summed E-state index contributed by atoms with van der Waals surface area (Å²) in [6.07, 6.45) is 13.7. The third-order valence-electron chi connectivity index (χ3n) is 9.29. The number of carbonyl (C=O) groups excluding carboxylic acids is 2. The second-order valence-corrected chi connectivity index (χ2v) is 12.9. The van der Waals surface area contributed by atoms with Gasteiger partial charge in [0.1, 0.15) is 17.5 Å². The van der Waals surface area contributed by atoms with Crippen molar-refractivity contribution < 1.29 is 9.59 Å². The van der Waals surface area contributed by atoms with Crippen molar-refractivity contribution in [3.8, 4) is 17.2 Å². The van der Waals surface area contributed by atoms with E-state index in [9.17, 15) is 14.9 Å². The van der Waals surface area contributed by atoms with E-state index in [-0.39, 0.29) is 11.9 Å². The number of amides is 3. The zero-order valence-corrected chi connectivity index (χ0v) is 28.6. The molecule has 1 atom stereocenters. The van der Waals surface area contributed by atoms with Crippen LogP contribution in [0.5, 0.6) is 0 Å². The second-order valence-electron chi connectivity index (χ2n) is 12.9. The van der Waals surface area contributed by atoms with Crippen LogP contribution in [0.4, 0.5) is 22.4 Å². The van der Waals surface area contributed by atoms with Gasteiger partial charge in [-0.3, -0.25) is 14.4 Å². The highest BCUT2D eigenvalue weighted by Gasteiger charge is 2.48. The van der Waals surface area contributed by atoms with Crippen molar-refractivity contribution >= 4 is 29.5 Å². The molecule has 0 saturated carbocycles. The van der Waals surface area contributed by atoms with Gasteiger partial charge in [-0.1, -0.05) is 49.2 Å². The molecule has 258 valence electrons. The summed E-state index contributed by atoms with van der Waals surface area (Å²) >= 11 is 0. The predicted octanol–water partition coefficient (Wildman–Crippen LogP) is 5.15. The summed E-state index contributed by atoms with van der Waals surface area (Å²) in [7, 11) is 1.87. The van der Waals surface area contributed by atoms with E-state index in [0.717, 1.165) is 60.8 Å². The Bertz CT molecular complexity index is 1870. The fourth-order valence-electron chi connectivity index (χ4n) is 6.57. The van der Waals surface area contributed by atoms with Crippen LogP contribution in [0.2, 0.25) is 0 Å². The van der Waals surface area contributed by atoms with Crippen molar-refractivity contribution in [2.45, 2.75) is 52.0 Å². The van der Waals surface area contributed by atoms with Crippen LogP contribution < -0.4 is 25.8 Å². The number of hydrogen-bond acceptors (Lipinski definition) is 9. The molecule has 3 aromatic heterocycles. The Morgan fingerprint density at radius 3 is 2.66 bits per heavy atom. The molecule has 2 aliphatic rings. The molecule has 13 heteroatoms. The Labute approximate surface area is 292 Å². The predicted molar refractivity (Wildman–Crippen MR) is 192 cm³/mol. The molecule has 0 bridgehead atoms. The first-order valence-corrected chi connectivity index (χ1v) is 17.2. The smallest absolute Gasteiger partial charge is 0.327 e. The minimum Gasteiger partial charge on any atom is -0.356 e. The van der Waals surface area contributed by atoms with E-state index in [1.165, 1.54) is 0 Å². The normalized spacial score (nSPS) is 17.1. The van der Waals surface area contributed by atoms with E-state index in [1.54, 1.807) is 28.2 Å². The summed E-state index contributed by atoms with van der Waals surface area (Å²) in [6.45, 7) is 5.01. The van der Waals surface area contributed by atoms with Crippen LogP contribution in [0.25, 0.3) is 11.1 Å². The molecular weight excluding hydrogens is 630 g/mol. The third-order valence-corrected chi connectivity index (χ3v) is 9.29. The molecule has 1 aromatic carbocycles. The number of hydrogen-bond donors (Lipinski definition) is 3. The number of benzene rings is 1. The molecule has 2 aliphatic heterocycles. The summed E-state index contributed by atoms with van der Waals surface area (Å²) in [4.78, 5) is 43.6. The van der Waals surface area contributed by atoms with Gasteiger partial charge in [0.2, 0.25) is 11.9 Å². The van der Waals surface area contributed by atoms with Gasteiger partial charge < -0.3 is 20.9 Å². The second kappa shape index (κ2) is 15.6. The molecule has 2 fully saturated rings. The van der Waals surface area contributed by atoms with Crippen LogP contribution in [0.15, 0.2) is 79.0 Å². The zero-order valence-electron chi connectivity index (χ0n) is 28.6. The van der Waals surface area contributed by atoms with E-state index in [1.807, 2.05) is 66.8 Å². The molecule has 0 aliphatic carbocycles. The van der Waals surface area contributed by atoms with Gasteiger partial charge in [0.05, 0.1) is 17.8 Å². The molecule has 3 amide bonds. The first-order valence-electron chi connectivity index (χ1n) is 17.2. The van der Waals surface area contributed by atoms with E-state index >= 15 is 0 Å². The summed E-state index contributed by atoms with van der Waals surface area (Å²) in [5.41, 5.74) is 3.97. The maximum absolute atomic E-state index is 13.7. The van der Waals surface area contributed by atoms with Gasteiger partial charge in [0.15, 0.2) is 5.82 Å². The molecule has 13 nitrogen and oxygen atoms in total. The maximum Gasteiger partial charge on any atom is 0.327 e. The van der Waals surface area contributed by atoms with Crippen molar-refractivity contribution in [2.75, 3.05) is 41.3 Å². The van der Waals surface area contributed by atoms with Crippen molar-refractivity contribution in [3.63, 3.8) is 0 Å². The fraction of sp³-hybridized carbons (Fsp3) is 0.378. The van der Waals surface area contributed by atoms with E-state index in [0.29, 0.717) is 55.9 Å². The van der Waals surface area contributed by atoms with Gasteiger partial charge in [0.25, 0.3) is 0 Å². The lowest BCUT2D eigenvalue weighted by atomic mass is 9.86. The SMILES string of the molecule is CCC/C(=C\N(C(=O)NCc1ccccc1)c1ccc(-c2cnn(C)c2)cn1)CCCNc1ncc(C#N)c(N2CCC3(CCNC3=O)C2)n1. The Kier molecular flexibility index (Phi) is 10.7. The number of nitrogens with one attached hydrogen (secondary N) is 3. The van der Waals surface area contributed by atoms with E-state index < -0.39 is 5.41 Å². The Hall–Kier alpha value is -5.77. The summed E-state index contributed by atoms with van der Waals surface area (Å²) in [5, 5.41) is 23.3. The summed E-state index contributed by atoms with van der Waals surface area (Å²) < 4.78 is 1.74. The molecule has 1 spiro atoms. The van der Waals surface area contributed by atoms with Crippen LogP contribution in [0.1, 0.15) is 56.6 Å². The average Bonchev–Trinajstić information content (AvgIpc) is 3.88. The number of rotatable bonds is 13. The van der Waals surface area contributed by atoms with Gasteiger partial charge >= 0.3 is 6.03 Å². The largest absolute Gasteiger partial charge is 0.356 e. The lowest BCUT2D eigenvalue weighted by Crippen LogP contribution is -2.37. The fourth-order valence-corrected chi connectivity index (χ4v) is 6.57. The number of pyridine rings is 1. The average molecular weight is 674 g/mol. The quantitative estimate of drug-likeness (QED) is 0.163. The van der Waals surface area contributed by atoms with Crippen molar-refractivity contribution in [3.05, 3.63) is 90.2 Å². The molecule has 2 saturated heterocycles. The monoisotopic (exact) mass is 673 g/mol. The number of nitriles is 1. The zero-order chi connectivity index (χ0) is 34.9. The van der Waals surface area contributed by atoms with E-state index in [4.69, 9.17) is 4.98 Å². The lowest BCUT2D eigenvalue weighted by molar-refractivity contribution is -0.126. The highest BCUT2D eigenvalue weighted by atomic mass is 16.2. The Morgan fingerprint density at radius 1 is 1.10 bits per heavy atom. The number of aromatic nitrogens is 5. The molecule has 6 rings (SSSR count). The number of aryl methyl sites for hydroxylation is 1. The van der Waals surface area contributed by atoms with Gasteiger partial charge in [-0.2, -0.15) is 15.3 Å². The van der Waals surface area contributed by atoms with Crippen LogP contribution in [-0.4, -0.2) is 62.8 Å². The van der Waals surface area contributed by atoms with Crippen molar-refractivity contribution in [1.82, 2.24) is 35.4 Å². The third kappa shape index (κ3) is 7.92. The Morgan fingerprint density at radius 2 is 1.96 bits per heavy atom. The number of anilines is 3. The summed E-state index contributed by atoms with van der Waals surface area (Å²) in [6, 6.07) is 15.6. The molecule has 5 heterocycles. The summed E-state index contributed by atoms with van der Waals surface area (Å²) in [5.74, 6) is 1.61. The standard InChI is InChI=1S/C37H43N11O2/c1-3-8-28(11-7-16-40-35-42-22-30(19-38)33(45-35)47-18-15-37(26-47)14-17-39-34(37)49)24-48(36(50)43-20-27-9-5-4-6-10-27)32-13-12-29(21-41-32)31-23-44-46(2)25-31/h4-6,9-10,12-13,21-25H,3,7-8,11,14-18,20,26H2,1-2H3,(H,39,49)(H,43,50)(H,40,42,45)/b28-24+. The molecule has 0 radical (unpaired) electrons. The molecule has 3 N–H and O–H groups in total. The lowest BCUT2D eigenvalue weighted by Gasteiger charge is -2.22. The number of urea groups is 1. The number of allylic oxidation sites excluding steroid dienone is 1. The van der Waals surface area contributed by atoms with Crippen LogP contribution in [-0.2, 0) is 18.4 Å². The molecule has 1 unspecified atom stereocenters. The highest BCUT2D eigenvalue weighted by Crippen LogP contribution is 2.39. The van der Waals surface area contributed by atoms with Gasteiger partial charge in [-0.05, 0) is 49.8 Å². The van der Waals surface area contributed by atoms with Crippen LogP contribution in [0.3, 0.4) is 0 Å². The minimum atomic E-state index is -0.406. The van der Waals surface area contributed by atoms with Crippen LogP contribution in [0, 0.1) is 16.7 Å². The van der Waals surface area contributed by atoms with Gasteiger partial charge in [-0.15, -0.1) is 0 Å². The van der Waals surface area contributed by atoms with E-state index in [2.05, 4.69) is 44.0 Å². The number of nitrogens with zero attached hydrogens (tertiary/aromatic N) is 8. The first kappa shape index (κ1) is 34.1. The molecule has 50 heavy (non-hydrogen) atoms. The first-order chi connectivity index (χ1) is 24.4. The highest BCUT2D eigenvalue weighted by molar-refractivity contribution is 5.93. The van der Waals surface area contributed by atoms with Crippen molar-refractivity contribution in [2.24, 2.45) is 12.5 Å². The molecular formula is C37H43N11O2. The van der Waals surface area contributed by atoms with Gasteiger partial charge in [-0.25, -0.2) is 14.8 Å². The minimum absolute atomic E-state index is 0.0895. The Balaban J connectivity index is 1.13. The van der Waals surface area contributed by atoms with Crippen molar-refractivity contribution in [1.29, 1.82) is 5.26 Å². The topological polar surface area (TPSA) is 157 Å². The number of carbonyl (C=O) groups is 2. The van der Waals surface area contributed by atoms with Gasteiger partial charge in [0, 0.05) is 69.5 Å². The van der Waals surface area contributed by atoms with Crippen LogP contribution >= 0.6 is 0 Å².